The van der Waals surface area contributed by atoms with Gasteiger partial charge in [0.05, 0.1) is 7.11 Å². The van der Waals surface area contributed by atoms with Crippen molar-refractivity contribution in [1.29, 1.82) is 0 Å². The Balaban J connectivity index is 1.32. The van der Waals surface area contributed by atoms with Crippen LogP contribution in [0.2, 0.25) is 0 Å². The maximum absolute atomic E-state index is 12.7. The Morgan fingerprint density at radius 2 is 1.83 bits per heavy atom. The molecule has 0 unspecified atom stereocenters. The van der Waals surface area contributed by atoms with Gasteiger partial charge in [0.1, 0.15) is 6.61 Å². The lowest BCUT2D eigenvalue weighted by Crippen LogP contribution is -2.35. The van der Waals surface area contributed by atoms with E-state index in [-0.39, 0.29) is 11.7 Å². The van der Waals surface area contributed by atoms with Crippen LogP contribution in [0.3, 0.4) is 0 Å². The number of Topliss-reactive ketones (excluding diaryl/α,β-unsaturated/α-hetero) is 1. The molecule has 3 aromatic rings. The largest absolute Gasteiger partial charge is 0.493 e. The van der Waals surface area contributed by atoms with Gasteiger partial charge in [0.15, 0.2) is 17.3 Å². The van der Waals surface area contributed by atoms with Gasteiger partial charge in [-0.3, -0.25) is 9.69 Å². The van der Waals surface area contributed by atoms with Crippen LogP contribution in [0.25, 0.3) is 0 Å². The van der Waals surface area contributed by atoms with E-state index in [2.05, 4.69) is 28.5 Å². The van der Waals surface area contributed by atoms with Gasteiger partial charge in [-0.2, -0.15) is 0 Å². The highest BCUT2D eigenvalue weighted by atomic mass is 32.1. The van der Waals surface area contributed by atoms with E-state index in [1.807, 2.05) is 42.5 Å². The average Bonchev–Trinajstić information content (AvgIpc) is 3.32. The number of ketones is 1. The van der Waals surface area contributed by atoms with Crippen LogP contribution in [0, 0.1) is 5.92 Å². The molecule has 30 heavy (non-hydrogen) atoms. The van der Waals surface area contributed by atoms with E-state index in [1.54, 1.807) is 18.4 Å². The number of hydrogen-bond donors (Lipinski definition) is 0. The van der Waals surface area contributed by atoms with Gasteiger partial charge in [0.25, 0.3) is 0 Å². The topological polar surface area (TPSA) is 38.8 Å². The predicted molar refractivity (Wildman–Crippen MR) is 120 cm³/mol. The summed E-state index contributed by atoms with van der Waals surface area (Å²) in [5.74, 6) is 1.94. The minimum Gasteiger partial charge on any atom is -0.493 e. The number of nitrogens with zero attached hydrogens (tertiary/aromatic N) is 1. The Morgan fingerprint density at radius 1 is 1.03 bits per heavy atom. The number of methoxy groups -OCH3 is 1. The van der Waals surface area contributed by atoms with Gasteiger partial charge in [-0.25, -0.2) is 0 Å². The third kappa shape index (κ3) is 5.10. The van der Waals surface area contributed by atoms with Crippen LogP contribution in [-0.4, -0.2) is 30.9 Å². The second-order valence-electron chi connectivity index (χ2n) is 7.63. The minimum absolute atomic E-state index is 0.131. The molecule has 0 amide bonds. The summed E-state index contributed by atoms with van der Waals surface area (Å²) in [7, 11) is 1.68. The normalized spacial score (nSPS) is 15.1. The maximum atomic E-state index is 12.7. The fourth-order valence-corrected chi connectivity index (χ4v) is 4.54. The van der Waals surface area contributed by atoms with Crippen molar-refractivity contribution in [1.82, 2.24) is 4.90 Å². The highest BCUT2D eigenvalue weighted by Crippen LogP contribution is 2.30. The molecule has 1 aromatic heterocycles. The lowest BCUT2D eigenvalue weighted by atomic mass is 9.89. The molecule has 0 atom stereocenters. The molecule has 0 saturated carbocycles. The Labute approximate surface area is 182 Å². The zero-order valence-corrected chi connectivity index (χ0v) is 18.1. The zero-order valence-electron chi connectivity index (χ0n) is 17.3. The van der Waals surface area contributed by atoms with Crippen molar-refractivity contribution in [2.24, 2.45) is 5.92 Å². The number of carbonyl (C=O) groups excluding carboxylic acids is 1. The van der Waals surface area contributed by atoms with Gasteiger partial charge in [0.2, 0.25) is 0 Å². The molecule has 4 rings (SSSR count). The second-order valence-corrected chi connectivity index (χ2v) is 8.67. The van der Waals surface area contributed by atoms with E-state index in [0.29, 0.717) is 6.61 Å². The quantitative estimate of drug-likeness (QED) is 0.455. The zero-order chi connectivity index (χ0) is 20.8. The molecule has 0 aliphatic carbocycles. The summed E-state index contributed by atoms with van der Waals surface area (Å²) in [5.41, 5.74) is 2.03. The van der Waals surface area contributed by atoms with Crippen molar-refractivity contribution >= 4 is 17.1 Å². The molecule has 1 fully saturated rings. The molecule has 1 aliphatic heterocycles. The summed E-state index contributed by atoms with van der Waals surface area (Å²) in [5, 5.41) is 2.05. The summed E-state index contributed by atoms with van der Waals surface area (Å²) in [4.78, 5) is 16.3. The molecule has 0 bridgehead atoms. The number of ether oxygens (including phenoxy) is 2. The number of rotatable bonds is 8. The maximum Gasteiger partial charge on any atom is 0.166 e. The Kier molecular flexibility index (Phi) is 6.82. The third-order valence-corrected chi connectivity index (χ3v) is 6.45. The molecule has 1 saturated heterocycles. The Hall–Kier alpha value is -2.63. The predicted octanol–water partition coefficient (Wildman–Crippen LogP) is 5.43. The average molecular weight is 422 g/mol. The number of piperidine rings is 1. The lowest BCUT2D eigenvalue weighted by molar-refractivity contribution is 0.0835. The van der Waals surface area contributed by atoms with Crippen LogP contribution in [0.15, 0.2) is 66.0 Å². The van der Waals surface area contributed by atoms with Crippen molar-refractivity contribution in [2.75, 3.05) is 20.2 Å². The summed E-state index contributed by atoms with van der Waals surface area (Å²) in [6.07, 6.45) is 1.82. The number of likely N-dealkylation sites (tertiary alicyclic amines) is 1. The van der Waals surface area contributed by atoms with Crippen molar-refractivity contribution in [3.63, 3.8) is 0 Å². The standard InChI is InChI=1S/C25H27NO3S/c1-28-24-16-19(9-10-23(24)29-18-22-8-5-15-30-22)17-26-13-11-21(12-14-26)25(27)20-6-3-2-4-7-20/h2-10,15-16,21H,11-14,17-18H2,1H3. The molecular formula is C25H27NO3S. The summed E-state index contributed by atoms with van der Waals surface area (Å²) in [6.45, 7) is 3.27. The van der Waals surface area contributed by atoms with Gasteiger partial charge >= 0.3 is 0 Å². The van der Waals surface area contributed by atoms with Gasteiger partial charge in [0, 0.05) is 22.9 Å². The first-order valence-electron chi connectivity index (χ1n) is 10.4. The first-order valence-corrected chi connectivity index (χ1v) is 11.2. The number of benzene rings is 2. The van der Waals surface area contributed by atoms with Crippen LogP contribution in [0.5, 0.6) is 11.5 Å². The third-order valence-electron chi connectivity index (χ3n) is 5.60. The molecule has 156 valence electrons. The molecule has 2 aromatic carbocycles. The molecule has 4 nitrogen and oxygen atoms in total. The second kappa shape index (κ2) is 9.92. The van der Waals surface area contributed by atoms with Crippen LogP contribution in [0.1, 0.15) is 33.6 Å². The first kappa shape index (κ1) is 20.6. The van der Waals surface area contributed by atoms with Gasteiger partial charge in [-0.05, 0) is 55.1 Å². The molecule has 0 radical (unpaired) electrons. The van der Waals surface area contributed by atoms with Crippen LogP contribution >= 0.6 is 11.3 Å². The van der Waals surface area contributed by atoms with Gasteiger partial charge in [-0.15, -0.1) is 11.3 Å². The smallest absolute Gasteiger partial charge is 0.166 e. The Bertz CT molecular complexity index is 948. The minimum atomic E-state index is 0.131. The van der Waals surface area contributed by atoms with E-state index < -0.39 is 0 Å². The monoisotopic (exact) mass is 421 g/mol. The summed E-state index contributed by atoms with van der Waals surface area (Å²) < 4.78 is 11.5. The van der Waals surface area contributed by atoms with Gasteiger partial charge in [-0.1, -0.05) is 42.5 Å². The van der Waals surface area contributed by atoms with Crippen LogP contribution in [-0.2, 0) is 13.2 Å². The number of carbonyl (C=O) groups is 1. The molecule has 2 heterocycles. The van der Waals surface area contributed by atoms with Crippen molar-refractivity contribution < 1.29 is 14.3 Å². The number of hydrogen-bond acceptors (Lipinski definition) is 5. The fraction of sp³-hybridized carbons (Fsp3) is 0.320. The van der Waals surface area contributed by atoms with E-state index in [0.717, 1.165) is 49.5 Å². The molecule has 0 N–H and O–H groups in total. The fourth-order valence-electron chi connectivity index (χ4n) is 3.92. The highest BCUT2D eigenvalue weighted by Gasteiger charge is 2.25. The van der Waals surface area contributed by atoms with E-state index in [9.17, 15) is 4.79 Å². The van der Waals surface area contributed by atoms with Gasteiger partial charge < -0.3 is 9.47 Å². The lowest BCUT2D eigenvalue weighted by Gasteiger charge is -2.31. The molecular weight excluding hydrogens is 394 g/mol. The van der Waals surface area contributed by atoms with Crippen LogP contribution < -0.4 is 9.47 Å². The van der Waals surface area contributed by atoms with Crippen LogP contribution in [0.4, 0.5) is 0 Å². The van der Waals surface area contributed by atoms with E-state index >= 15 is 0 Å². The van der Waals surface area contributed by atoms with E-state index in [1.165, 1.54) is 10.4 Å². The number of thiophene rings is 1. The molecule has 1 aliphatic rings. The SMILES string of the molecule is COc1cc(CN2CCC(C(=O)c3ccccc3)CC2)ccc1OCc1cccs1. The molecule has 0 spiro atoms. The van der Waals surface area contributed by atoms with Crippen molar-refractivity contribution in [3.05, 3.63) is 82.0 Å². The highest BCUT2D eigenvalue weighted by molar-refractivity contribution is 7.09. The van der Waals surface area contributed by atoms with E-state index in [4.69, 9.17) is 9.47 Å². The summed E-state index contributed by atoms with van der Waals surface area (Å²) in [6, 6.07) is 19.9. The van der Waals surface area contributed by atoms with Crippen molar-refractivity contribution in [3.8, 4) is 11.5 Å². The Morgan fingerprint density at radius 3 is 2.53 bits per heavy atom. The first-order chi connectivity index (χ1) is 14.7. The van der Waals surface area contributed by atoms with Crippen molar-refractivity contribution in [2.45, 2.75) is 26.0 Å². The summed E-state index contributed by atoms with van der Waals surface area (Å²) >= 11 is 1.69. The molecule has 5 heteroatoms.